The van der Waals surface area contributed by atoms with Crippen molar-refractivity contribution in [3.05, 3.63) is 70.8 Å². The normalized spacial score (nSPS) is 12.8. The molecule has 4 nitrogen and oxygen atoms in total. The van der Waals surface area contributed by atoms with Crippen molar-refractivity contribution < 1.29 is 9.59 Å². The van der Waals surface area contributed by atoms with Crippen LogP contribution >= 0.6 is 11.8 Å². The van der Waals surface area contributed by atoms with Crippen molar-refractivity contribution in [3.8, 4) is 0 Å². The highest BCUT2D eigenvalue weighted by Crippen LogP contribution is 2.17. The molecule has 0 saturated heterocycles. The smallest absolute Gasteiger partial charge is 0.242 e. The first-order valence-corrected chi connectivity index (χ1v) is 11.7. The van der Waals surface area contributed by atoms with Gasteiger partial charge < -0.3 is 10.2 Å². The van der Waals surface area contributed by atoms with Crippen LogP contribution in [-0.2, 0) is 21.9 Å². The Morgan fingerprint density at radius 1 is 1.00 bits per heavy atom. The van der Waals surface area contributed by atoms with Crippen molar-refractivity contribution in [2.75, 3.05) is 5.75 Å². The highest BCUT2D eigenvalue weighted by Gasteiger charge is 2.26. The molecule has 0 fully saturated rings. The summed E-state index contributed by atoms with van der Waals surface area (Å²) in [5.41, 5.74) is 4.63. The van der Waals surface area contributed by atoms with Crippen molar-refractivity contribution in [2.45, 2.75) is 65.4 Å². The molecule has 2 aromatic rings. The van der Waals surface area contributed by atoms with E-state index < -0.39 is 6.04 Å². The summed E-state index contributed by atoms with van der Waals surface area (Å²) in [6.45, 7) is 10.4. The van der Waals surface area contributed by atoms with Crippen molar-refractivity contribution in [3.63, 3.8) is 0 Å². The average Bonchev–Trinajstić information content (AvgIpc) is 2.72. The number of thioether (sulfide) groups is 1. The molecule has 2 atom stereocenters. The Bertz CT molecular complexity index is 835. The first kappa shape index (κ1) is 24.0. The highest BCUT2D eigenvalue weighted by atomic mass is 32.2. The van der Waals surface area contributed by atoms with Crippen molar-refractivity contribution in [1.29, 1.82) is 0 Å². The lowest BCUT2D eigenvalue weighted by atomic mass is 10.1. The molecule has 0 heterocycles. The number of benzene rings is 2. The fraction of sp³-hybridized carbons (Fsp3) is 0.440. The predicted molar refractivity (Wildman–Crippen MR) is 126 cm³/mol. The van der Waals surface area contributed by atoms with Crippen LogP contribution in [-0.4, -0.2) is 34.6 Å². The van der Waals surface area contributed by atoms with Crippen LogP contribution in [0.5, 0.6) is 0 Å². The molecule has 0 unspecified atom stereocenters. The van der Waals surface area contributed by atoms with Gasteiger partial charge in [0.1, 0.15) is 6.04 Å². The van der Waals surface area contributed by atoms with Gasteiger partial charge in [0.15, 0.2) is 0 Å². The number of carbonyl (C=O) groups excluding carboxylic acids is 2. The summed E-state index contributed by atoms with van der Waals surface area (Å²) in [4.78, 5) is 27.5. The largest absolute Gasteiger partial charge is 0.352 e. The van der Waals surface area contributed by atoms with Gasteiger partial charge in [0.2, 0.25) is 11.8 Å². The number of carbonyl (C=O) groups is 2. The van der Waals surface area contributed by atoms with E-state index in [0.29, 0.717) is 12.3 Å². The SMILES string of the molecule is CC[C@@H](C)NC(=O)[C@@H](C)N(Cc1ccc(C)cc1)C(=O)CSCc1cccc(C)c1. The maximum Gasteiger partial charge on any atom is 0.242 e. The standard InChI is InChI=1S/C25H34N2O2S/c1-6-20(4)26-25(29)21(5)27(15-22-12-10-18(2)11-13-22)24(28)17-30-16-23-9-7-8-19(3)14-23/h7-14,20-21H,6,15-17H2,1-5H3,(H,26,29)/t20-,21-/m1/s1. The molecule has 0 aliphatic carbocycles. The molecular weight excluding hydrogens is 392 g/mol. The molecule has 2 amide bonds. The van der Waals surface area contributed by atoms with Gasteiger partial charge in [-0.1, -0.05) is 66.6 Å². The summed E-state index contributed by atoms with van der Waals surface area (Å²) in [5, 5.41) is 3.01. The fourth-order valence-corrected chi connectivity index (χ4v) is 3.94. The number of amides is 2. The summed E-state index contributed by atoms with van der Waals surface area (Å²) >= 11 is 1.59. The van der Waals surface area contributed by atoms with E-state index in [2.05, 4.69) is 30.4 Å². The zero-order valence-electron chi connectivity index (χ0n) is 18.8. The van der Waals surface area contributed by atoms with E-state index in [0.717, 1.165) is 17.7 Å². The van der Waals surface area contributed by atoms with Gasteiger partial charge in [0, 0.05) is 18.3 Å². The summed E-state index contributed by atoms with van der Waals surface area (Å²) in [5.74, 6) is 1.01. The topological polar surface area (TPSA) is 49.4 Å². The predicted octanol–water partition coefficient (Wildman–Crippen LogP) is 4.87. The van der Waals surface area contributed by atoms with E-state index >= 15 is 0 Å². The van der Waals surface area contributed by atoms with Gasteiger partial charge >= 0.3 is 0 Å². The monoisotopic (exact) mass is 426 g/mol. The Morgan fingerprint density at radius 2 is 1.70 bits per heavy atom. The minimum atomic E-state index is -0.521. The van der Waals surface area contributed by atoms with Gasteiger partial charge in [0.25, 0.3) is 0 Å². The molecule has 0 aliphatic heterocycles. The molecule has 162 valence electrons. The van der Waals surface area contributed by atoms with Crippen molar-refractivity contribution in [2.24, 2.45) is 0 Å². The van der Waals surface area contributed by atoms with Crippen LogP contribution in [0.3, 0.4) is 0 Å². The zero-order chi connectivity index (χ0) is 22.1. The van der Waals surface area contributed by atoms with Crippen LogP contribution in [0.25, 0.3) is 0 Å². The molecule has 2 rings (SSSR count). The van der Waals surface area contributed by atoms with E-state index in [9.17, 15) is 9.59 Å². The number of nitrogens with zero attached hydrogens (tertiary/aromatic N) is 1. The maximum atomic E-state index is 13.1. The highest BCUT2D eigenvalue weighted by molar-refractivity contribution is 7.99. The average molecular weight is 427 g/mol. The van der Waals surface area contributed by atoms with E-state index in [4.69, 9.17) is 0 Å². The Balaban J connectivity index is 2.07. The van der Waals surface area contributed by atoms with Crippen LogP contribution in [0, 0.1) is 13.8 Å². The fourth-order valence-electron chi connectivity index (χ4n) is 3.08. The Labute approximate surface area is 185 Å². The third-order valence-corrected chi connectivity index (χ3v) is 6.21. The number of aryl methyl sites for hydroxylation is 2. The lowest BCUT2D eigenvalue weighted by molar-refractivity contribution is -0.138. The van der Waals surface area contributed by atoms with Gasteiger partial charge in [-0.25, -0.2) is 0 Å². The van der Waals surface area contributed by atoms with E-state index in [1.165, 1.54) is 16.7 Å². The first-order chi connectivity index (χ1) is 14.3. The minimum absolute atomic E-state index is 0.0139. The molecule has 0 bridgehead atoms. The molecule has 0 aliphatic rings. The lowest BCUT2D eigenvalue weighted by Crippen LogP contribution is -2.50. The van der Waals surface area contributed by atoms with Crippen LogP contribution in [0.15, 0.2) is 48.5 Å². The molecule has 1 N–H and O–H groups in total. The maximum absolute atomic E-state index is 13.1. The van der Waals surface area contributed by atoms with Crippen molar-refractivity contribution in [1.82, 2.24) is 10.2 Å². The van der Waals surface area contributed by atoms with Crippen LogP contribution in [0.2, 0.25) is 0 Å². The molecular formula is C25H34N2O2S. The van der Waals surface area contributed by atoms with Crippen LogP contribution in [0.4, 0.5) is 0 Å². The molecule has 0 saturated carbocycles. The number of hydrogen-bond acceptors (Lipinski definition) is 3. The van der Waals surface area contributed by atoms with Crippen LogP contribution in [0.1, 0.15) is 49.4 Å². The molecule has 0 radical (unpaired) electrons. The number of hydrogen-bond donors (Lipinski definition) is 1. The zero-order valence-corrected chi connectivity index (χ0v) is 19.6. The van der Waals surface area contributed by atoms with Gasteiger partial charge in [-0.2, -0.15) is 0 Å². The third-order valence-electron chi connectivity index (χ3n) is 5.22. The van der Waals surface area contributed by atoms with E-state index in [1.807, 2.05) is 58.0 Å². The third kappa shape index (κ3) is 7.52. The number of nitrogens with one attached hydrogen (secondary N) is 1. The molecule has 2 aromatic carbocycles. The lowest BCUT2D eigenvalue weighted by Gasteiger charge is -2.29. The summed E-state index contributed by atoms with van der Waals surface area (Å²) in [6, 6.07) is 16.0. The summed E-state index contributed by atoms with van der Waals surface area (Å²) in [7, 11) is 0. The second-order valence-corrected chi connectivity index (χ2v) is 8.97. The Kier molecular flexibility index (Phi) is 9.44. The molecule has 0 spiro atoms. The second-order valence-electron chi connectivity index (χ2n) is 7.98. The Morgan fingerprint density at radius 3 is 2.33 bits per heavy atom. The van der Waals surface area contributed by atoms with Gasteiger partial charge in [0.05, 0.1) is 5.75 Å². The van der Waals surface area contributed by atoms with Crippen LogP contribution < -0.4 is 5.32 Å². The molecule has 30 heavy (non-hydrogen) atoms. The van der Waals surface area contributed by atoms with E-state index in [-0.39, 0.29) is 17.9 Å². The summed E-state index contributed by atoms with van der Waals surface area (Å²) in [6.07, 6.45) is 0.858. The Hall–Kier alpha value is -2.27. The van der Waals surface area contributed by atoms with E-state index in [1.54, 1.807) is 16.7 Å². The first-order valence-electron chi connectivity index (χ1n) is 10.6. The quantitative estimate of drug-likeness (QED) is 0.590. The summed E-state index contributed by atoms with van der Waals surface area (Å²) < 4.78 is 0. The van der Waals surface area contributed by atoms with Crippen molar-refractivity contribution >= 4 is 23.6 Å². The molecule has 0 aromatic heterocycles. The number of rotatable bonds is 10. The minimum Gasteiger partial charge on any atom is -0.352 e. The van der Waals surface area contributed by atoms with Gasteiger partial charge in [-0.3, -0.25) is 9.59 Å². The van der Waals surface area contributed by atoms with Gasteiger partial charge in [-0.05, 0) is 45.2 Å². The second kappa shape index (κ2) is 11.8. The van der Waals surface area contributed by atoms with Gasteiger partial charge in [-0.15, -0.1) is 11.8 Å². The molecule has 5 heteroatoms.